The minimum Gasteiger partial charge on any atom is -0.251 e. The zero-order valence-electron chi connectivity index (χ0n) is 7.96. The van der Waals surface area contributed by atoms with E-state index in [-0.39, 0.29) is 11.5 Å². The topological polar surface area (TPSA) is 34.1 Å². The molecule has 2 atom stereocenters. The molecule has 0 amide bonds. The highest BCUT2D eigenvalue weighted by atomic mass is 32.2. The van der Waals surface area contributed by atoms with Crippen LogP contribution in [0.4, 0.5) is 8.78 Å². The second-order valence-electron chi connectivity index (χ2n) is 3.60. The molecule has 0 rings (SSSR count). The van der Waals surface area contributed by atoms with Crippen LogP contribution in [0.3, 0.4) is 0 Å². The molecule has 0 saturated carbocycles. The first kappa shape index (κ1) is 12.8. The van der Waals surface area contributed by atoms with E-state index >= 15 is 0 Å². The lowest BCUT2D eigenvalue weighted by atomic mass is 10.2. The summed E-state index contributed by atoms with van der Waals surface area (Å²) in [6.45, 7) is 1.75. The van der Waals surface area contributed by atoms with Crippen LogP contribution in [0.2, 0.25) is 0 Å². The van der Waals surface area contributed by atoms with Gasteiger partial charge in [-0.15, -0.1) is 0 Å². The van der Waals surface area contributed by atoms with Gasteiger partial charge in [0.2, 0.25) is 0 Å². The summed E-state index contributed by atoms with van der Waals surface area (Å²) in [5.41, 5.74) is 0. The number of halogens is 2. The van der Waals surface area contributed by atoms with Crippen LogP contribution in [-0.4, -0.2) is 33.3 Å². The Hall–Kier alpha value is -0.190. The number of hydrogen-bond acceptors (Lipinski definition) is 2. The Kier molecular flexibility index (Phi) is 5.44. The molecule has 0 heterocycles. The maximum atomic E-state index is 12.0. The third-order valence-corrected chi connectivity index (χ3v) is 3.76. The number of sulfone groups is 1. The van der Waals surface area contributed by atoms with Crippen LogP contribution in [0.1, 0.15) is 13.8 Å². The van der Waals surface area contributed by atoms with E-state index in [1.165, 1.54) is 13.8 Å². The van der Waals surface area contributed by atoms with Crippen LogP contribution in [0.15, 0.2) is 0 Å². The van der Waals surface area contributed by atoms with Gasteiger partial charge in [0.05, 0.1) is 24.9 Å². The standard InChI is InChI=1S/C8H16F2O2S/c1-7(3-9)5-13(11,12)6-8(2)4-10/h7-8H,3-6H2,1-2H3. The quantitative estimate of drug-likeness (QED) is 0.673. The molecule has 0 radical (unpaired) electrons. The molecule has 13 heavy (non-hydrogen) atoms. The summed E-state index contributed by atoms with van der Waals surface area (Å²) in [7, 11) is -3.28. The predicted molar refractivity (Wildman–Crippen MR) is 48.9 cm³/mol. The lowest BCUT2D eigenvalue weighted by Gasteiger charge is -2.10. The number of alkyl halides is 2. The van der Waals surface area contributed by atoms with E-state index in [0.717, 1.165) is 0 Å². The van der Waals surface area contributed by atoms with Gasteiger partial charge in [-0.05, 0) is 11.8 Å². The zero-order valence-corrected chi connectivity index (χ0v) is 8.78. The van der Waals surface area contributed by atoms with E-state index < -0.39 is 35.0 Å². The first-order chi connectivity index (χ1) is 5.91. The van der Waals surface area contributed by atoms with Gasteiger partial charge in [-0.3, -0.25) is 8.78 Å². The van der Waals surface area contributed by atoms with E-state index in [9.17, 15) is 17.2 Å². The molecular formula is C8H16F2O2S. The summed E-state index contributed by atoms with van der Waals surface area (Å²) in [6, 6.07) is 0. The molecule has 0 aliphatic rings. The van der Waals surface area contributed by atoms with E-state index in [1.54, 1.807) is 0 Å². The molecule has 2 unspecified atom stereocenters. The Morgan fingerprint density at radius 1 is 1.00 bits per heavy atom. The smallest absolute Gasteiger partial charge is 0.151 e. The molecule has 0 aromatic heterocycles. The molecule has 0 spiro atoms. The van der Waals surface area contributed by atoms with E-state index in [4.69, 9.17) is 0 Å². The van der Waals surface area contributed by atoms with E-state index in [2.05, 4.69) is 0 Å². The molecule has 0 aliphatic carbocycles. The van der Waals surface area contributed by atoms with Crippen LogP contribution in [0, 0.1) is 11.8 Å². The van der Waals surface area contributed by atoms with Crippen LogP contribution in [0.5, 0.6) is 0 Å². The summed E-state index contributed by atoms with van der Waals surface area (Å²) < 4.78 is 46.5. The monoisotopic (exact) mass is 214 g/mol. The molecule has 0 bridgehead atoms. The average molecular weight is 214 g/mol. The Morgan fingerprint density at radius 3 is 1.54 bits per heavy atom. The fourth-order valence-corrected chi connectivity index (χ4v) is 3.07. The van der Waals surface area contributed by atoms with Gasteiger partial charge in [-0.25, -0.2) is 8.42 Å². The van der Waals surface area contributed by atoms with Crippen molar-refractivity contribution in [3.8, 4) is 0 Å². The Bertz CT molecular complexity index is 208. The van der Waals surface area contributed by atoms with Crippen molar-refractivity contribution in [1.29, 1.82) is 0 Å². The first-order valence-electron chi connectivity index (χ1n) is 4.23. The fraction of sp³-hybridized carbons (Fsp3) is 1.00. The zero-order chi connectivity index (χ0) is 10.5. The number of hydrogen-bond donors (Lipinski definition) is 0. The normalized spacial score (nSPS) is 16.9. The van der Waals surface area contributed by atoms with Crippen molar-refractivity contribution in [3.05, 3.63) is 0 Å². The fourth-order valence-electron chi connectivity index (χ4n) is 1.02. The van der Waals surface area contributed by atoms with Crippen LogP contribution >= 0.6 is 0 Å². The lowest BCUT2D eigenvalue weighted by molar-refractivity contribution is 0.394. The largest absolute Gasteiger partial charge is 0.251 e. The maximum absolute atomic E-state index is 12.0. The second kappa shape index (κ2) is 5.52. The lowest BCUT2D eigenvalue weighted by Crippen LogP contribution is -2.22. The Balaban J connectivity index is 4.09. The van der Waals surface area contributed by atoms with Gasteiger partial charge in [0, 0.05) is 0 Å². The minimum atomic E-state index is -3.28. The molecular weight excluding hydrogens is 198 g/mol. The summed E-state index contributed by atoms with van der Waals surface area (Å²) in [4.78, 5) is 0. The molecule has 0 N–H and O–H groups in total. The molecule has 0 aromatic carbocycles. The summed E-state index contributed by atoms with van der Waals surface area (Å²) >= 11 is 0. The van der Waals surface area contributed by atoms with Gasteiger partial charge in [0.1, 0.15) is 0 Å². The summed E-state index contributed by atoms with van der Waals surface area (Å²) in [5.74, 6) is -1.35. The highest BCUT2D eigenvalue weighted by molar-refractivity contribution is 7.91. The highest BCUT2D eigenvalue weighted by Crippen LogP contribution is 2.07. The van der Waals surface area contributed by atoms with Crippen LogP contribution in [-0.2, 0) is 9.84 Å². The first-order valence-corrected chi connectivity index (χ1v) is 6.05. The van der Waals surface area contributed by atoms with Gasteiger partial charge in [0.15, 0.2) is 9.84 Å². The van der Waals surface area contributed by atoms with Gasteiger partial charge in [-0.1, -0.05) is 13.8 Å². The van der Waals surface area contributed by atoms with Crippen molar-refractivity contribution in [3.63, 3.8) is 0 Å². The number of rotatable bonds is 6. The van der Waals surface area contributed by atoms with Gasteiger partial charge >= 0.3 is 0 Å². The summed E-state index contributed by atoms with van der Waals surface area (Å²) in [6.07, 6.45) is 0. The minimum absolute atomic E-state index is 0.187. The van der Waals surface area contributed by atoms with E-state index in [0.29, 0.717) is 0 Å². The van der Waals surface area contributed by atoms with Crippen molar-refractivity contribution >= 4 is 9.84 Å². The third kappa shape index (κ3) is 5.96. The highest BCUT2D eigenvalue weighted by Gasteiger charge is 2.18. The average Bonchev–Trinajstić information content (AvgIpc) is 2.02. The van der Waals surface area contributed by atoms with Crippen molar-refractivity contribution < 1.29 is 17.2 Å². The van der Waals surface area contributed by atoms with Crippen molar-refractivity contribution in [2.24, 2.45) is 11.8 Å². The SMILES string of the molecule is CC(CF)CS(=O)(=O)CC(C)CF. The van der Waals surface area contributed by atoms with Gasteiger partial charge in [-0.2, -0.15) is 0 Å². The Labute approximate surface area is 78.3 Å². The molecule has 5 heteroatoms. The third-order valence-electron chi connectivity index (χ3n) is 1.60. The molecule has 0 fully saturated rings. The van der Waals surface area contributed by atoms with E-state index in [1.807, 2.05) is 0 Å². The Morgan fingerprint density at radius 2 is 1.31 bits per heavy atom. The molecule has 80 valence electrons. The van der Waals surface area contributed by atoms with Gasteiger partial charge in [0.25, 0.3) is 0 Å². The summed E-state index contributed by atoms with van der Waals surface area (Å²) in [5, 5.41) is 0. The van der Waals surface area contributed by atoms with Gasteiger partial charge < -0.3 is 0 Å². The molecule has 2 nitrogen and oxygen atoms in total. The maximum Gasteiger partial charge on any atom is 0.151 e. The molecule has 0 saturated heterocycles. The van der Waals surface area contributed by atoms with Crippen molar-refractivity contribution in [2.75, 3.05) is 24.9 Å². The molecule has 0 aliphatic heterocycles. The van der Waals surface area contributed by atoms with Crippen molar-refractivity contribution in [2.45, 2.75) is 13.8 Å². The predicted octanol–water partition coefficient (Wildman–Crippen LogP) is 1.61. The van der Waals surface area contributed by atoms with Crippen molar-refractivity contribution in [1.82, 2.24) is 0 Å². The van der Waals surface area contributed by atoms with Crippen LogP contribution < -0.4 is 0 Å². The second-order valence-corrected chi connectivity index (χ2v) is 5.75. The molecule has 0 aromatic rings. The van der Waals surface area contributed by atoms with Crippen LogP contribution in [0.25, 0.3) is 0 Å².